The maximum atomic E-state index is 12.7. The number of rotatable bonds is 4. The SMILES string of the molecule is CC(CO)NC(=O)c1ccc2ccc(-c3ccc(C(F)(F)F)cc3)nc2c1. The summed E-state index contributed by atoms with van der Waals surface area (Å²) in [4.78, 5) is 16.7. The summed E-state index contributed by atoms with van der Waals surface area (Å²) in [5.41, 5.74) is 1.28. The van der Waals surface area contributed by atoms with Crippen molar-refractivity contribution in [3.63, 3.8) is 0 Å². The maximum Gasteiger partial charge on any atom is 0.416 e. The second-order valence-electron chi connectivity index (χ2n) is 6.24. The van der Waals surface area contributed by atoms with E-state index in [9.17, 15) is 18.0 Å². The quantitative estimate of drug-likeness (QED) is 0.725. The molecule has 1 heterocycles. The van der Waals surface area contributed by atoms with Crippen molar-refractivity contribution in [1.29, 1.82) is 0 Å². The van der Waals surface area contributed by atoms with Crippen LogP contribution in [0.3, 0.4) is 0 Å². The molecule has 0 aliphatic carbocycles. The summed E-state index contributed by atoms with van der Waals surface area (Å²) in [5.74, 6) is -0.333. The maximum absolute atomic E-state index is 12.7. The van der Waals surface area contributed by atoms with Crippen LogP contribution in [-0.2, 0) is 6.18 Å². The Balaban J connectivity index is 1.93. The molecule has 3 rings (SSSR count). The number of nitrogens with zero attached hydrogens (tertiary/aromatic N) is 1. The lowest BCUT2D eigenvalue weighted by molar-refractivity contribution is -0.137. The number of hydrogen-bond acceptors (Lipinski definition) is 3. The number of aliphatic hydroxyl groups excluding tert-OH is 1. The zero-order valence-corrected chi connectivity index (χ0v) is 14.4. The first-order valence-corrected chi connectivity index (χ1v) is 8.28. The number of nitrogens with one attached hydrogen (secondary N) is 1. The lowest BCUT2D eigenvalue weighted by atomic mass is 10.1. The van der Waals surface area contributed by atoms with Gasteiger partial charge in [-0.15, -0.1) is 0 Å². The van der Waals surface area contributed by atoms with E-state index in [1.54, 1.807) is 37.3 Å². The van der Waals surface area contributed by atoms with Crippen LogP contribution in [0.1, 0.15) is 22.8 Å². The van der Waals surface area contributed by atoms with Crippen LogP contribution in [0, 0.1) is 0 Å². The molecule has 0 saturated heterocycles. The number of fused-ring (bicyclic) bond motifs is 1. The summed E-state index contributed by atoms with van der Waals surface area (Å²) >= 11 is 0. The standard InChI is InChI=1S/C20H17F3N2O2/c1-12(11-26)24-19(27)15-3-2-14-6-9-17(25-18(14)10-15)13-4-7-16(8-5-13)20(21,22)23/h2-10,12,26H,11H2,1H3,(H,24,27). The van der Waals surface area contributed by atoms with Gasteiger partial charge in [0.15, 0.2) is 0 Å². The van der Waals surface area contributed by atoms with Gasteiger partial charge >= 0.3 is 6.18 Å². The van der Waals surface area contributed by atoms with Gasteiger partial charge in [-0.05, 0) is 37.3 Å². The van der Waals surface area contributed by atoms with Crippen LogP contribution in [0.25, 0.3) is 22.2 Å². The van der Waals surface area contributed by atoms with Crippen molar-refractivity contribution in [2.75, 3.05) is 6.61 Å². The lowest BCUT2D eigenvalue weighted by Gasteiger charge is -2.11. The first kappa shape index (κ1) is 18.8. The summed E-state index contributed by atoms with van der Waals surface area (Å²) in [6.45, 7) is 1.51. The topological polar surface area (TPSA) is 62.2 Å². The molecule has 0 radical (unpaired) electrons. The van der Waals surface area contributed by atoms with E-state index in [4.69, 9.17) is 5.11 Å². The molecule has 3 aromatic rings. The highest BCUT2D eigenvalue weighted by molar-refractivity contribution is 5.98. The predicted molar refractivity (Wildman–Crippen MR) is 96.2 cm³/mol. The molecule has 0 aliphatic heterocycles. The fourth-order valence-electron chi connectivity index (χ4n) is 2.60. The Morgan fingerprint density at radius 1 is 1.11 bits per heavy atom. The molecule has 0 fully saturated rings. The average Bonchev–Trinajstić information content (AvgIpc) is 2.66. The van der Waals surface area contributed by atoms with E-state index in [-0.39, 0.29) is 18.6 Å². The van der Waals surface area contributed by atoms with Crippen LogP contribution >= 0.6 is 0 Å². The zero-order valence-electron chi connectivity index (χ0n) is 14.4. The Kier molecular flexibility index (Phi) is 5.14. The second kappa shape index (κ2) is 7.36. The summed E-state index contributed by atoms with van der Waals surface area (Å²) < 4.78 is 38.1. The predicted octanol–water partition coefficient (Wildman–Crippen LogP) is 4.03. The molecule has 27 heavy (non-hydrogen) atoms. The molecule has 1 atom stereocenters. The summed E-state index contributed by atoms with van der Waals surface area (Å²) in [5, 5.41) is 12.5. The van der Waals surface area contributed by atoms with Gasteiger partial charge < -0.3 is 10.4 Å². The van der Waals surface area contributed by atoms with Crippen molar-refractivity contribution in [1.82, 2.24) is 10.3 Å². The fraction of sp³-hybridized carbons (Fsp3) is 0.200. The van der Waals surface area contributed by atoms with Gasteiger partial charge in [0.05, 0.1) is 23.4 Å². The fourth-order valence-corrected chi connectivity index (χ4v) is 2.60. The van der Waals surface area contributed by atoms with Crippen molar-refractivity contribution < 1.29 is 23.1 Å². The first-order chi connectivity index (χ1) is 12.8. The first-order valence-electron chi connectivity index (χ1n) is 8.28. The van der Waals surface area contributed by atoms with Crippen molar-refractivity contribution in [3.8, 4) is 11.3 Å². The van der Waals surface area contributed by atoms with E-state index in [2.05, 4.69) is 10.3 Å². The third kappa shape index (κ3) is 4.25. The number of alkyl halides is 3. The Hall–Kier alpha value is -2.93. The van der Waals surface area contributed by atoms with Crippen LogP contribution in [0.5, 0.6) is 0 Å². The Morgan fingerprint density at radius 2 is 1.78 bits per heavy atom. The van der Waals surface area contributed by atoms with Crippen LogP contribution < -0.4 is 5.32 Å². The van der Waals surface area contributed by atoms with E-state index in [0.717, 1.165) is 17.5 Å². The lowest BCUT2D eigenvalue weighted by Crippen LogP contribution is -2.34. The van der Waals surface area contributed by atoms with Crippen molar-refractivity contribution in [2.24, 2.45) is 0 Å². The number of pyridine rings is 1. The van der Waals surface area contributed by atoms with Crippen LogP contribution in [-0.4, -0.2) is 28.6 Å². The van der Waals surface area contributed by atoms with Gasteiger partial charge in [-0.2, -0.15) is 13.2 Å². The highest BCUT2D eigenvalue weighted by atomic mass is 19.4. The Morgan fingerprint density at radius 3 is 2.41 bits per heavy atom. The number of halogens is 3. The molecule has 1 amide bonds. The number of aliphatic hydroxyl groups is 1. The molecule has 140 valence electrons. The minimum Gasteiger partial charge on any atom is -0.394 e. The normalized spacial score (nSPS) is 12.8. The highest BCUT2D eigenvalue weighted by Crippen LogP contribution is 2.31. The van der Waals surface area contributed by atoms with Crippen LogP contribution in [0.4, 0.5) is 13.2 Å². The third-order valence-corrected chi connectivity index (χ3v) is 4.11. The number of hydrogen-bond donors (Lipinski definition) is 2. The molecule has 7 heteroatoms. The summed E-state index contributed by atoms with van der Waals surface area (Å²) in [6, 6.07) is 12.9. The Bertz CT molecular complexity index is 969. The number of benzene rings is 2. The van der Waals surface area contributed by atoms with Gasteiger partial charge in [-0.1, -0.05) is 24.3 Å². The minimum atomic E-state index is -4.39. The van der Waals surface area contributed by atoms with E-state index in [0.29, 0.717) is 22.3 Å². The number of aromatic nitrogens is 1. The third-order valence-electron chi connectivity index (χ3n) is 4.11. The Labute approximate surface area is 153 Å². The molecule has 0 aliphatic rings. The minimum absolute atomic E-state index is 0.171. The van der Waals surface area contributed by atoms with Crippen molar-refractivity contribution in [2.45, 2.75) is 19.1 Å². The van der Waals surface area contributed by atoms with E-state index in [1.807, 2.05) is 0 Å². The number of carbonyl (C=O) groups is 1. The van der Waals surface area contributed by atoms with E-state index in [1.165, 1.54) is 12.1 Å². The van der Waals surface area contributed by atoms with Gasteiger partial charge in [0.25, 0.3) is 5.91 Å². The molecular formula is C20H17F3N2O2. The number of amides is 1. The second-order valence-corrected chi connectivity index (χ2v) is 6.24. The molecular weight excluding hydrogens is 357 g/mol. The molecule has 1 aromatic heterocycles. The van der Waals surface area contributed by atoms with Crippen molar-refractivity contribution >= 4 is 16.8 Å². The van der Waals surface area contributed by atoms with E-state index < -0.39 is 11.7 Å². The number of carbonyl (C=O) groups excluding carboxylic acids is 1. The monoisotopic (exact) mass is 374 g/mol. The average molecular weight is 374 g/mol. The molecule has 2 aromatic carbocycles. The van der Waals surface area contributed by atoms with E-state index >= 15 is 0 Å². The molecule has 4 nitrogen and oxygen atoms in total. The summed E-state index contributed by atoms with van der Waals surface area (Å²) in [7, 11) is 0. The molecule has 2 N–H and O–H groups in total. The largest absolute Gasteiger partial charge is 0.416 e. The van der Waals surface area contributed by atoms with Gasteiger partial charge in [-0.25, -0.2) is 4.98 Å². The summed E-state index contributed by atoms with van der Waals surface area (Å²) in [6.07, 6.45) is -4.39. The van der Waals surface area contributed by atoms with Crippen LogP contribution in [0.15, 0.2) is 54.6 Å². The smallest absolute Gasteiger partial charge is 0.394 e. The van der Waals surface area contributed by atoms with Gasteiger partial charge in [0, 0.05) is 22.6 Å². The van der Waals surface area contributed by atoms with Gasteiger partial charge in [-0.3, -0.25) is 4.79 Å². The van der Waals surface area contributed by atoms with Crippen molar-refractivity contribution in [3.05, 3.63) is 65.7 Å². The molecule has 1 unspecified atom stereocenters. The molecule has 0 saturated carbocycles. The van der Waals surface area contributed by atoms with Gasteiger partial charge in [0.1, 0.15) is 0 Å². The van der Waals surface area contributed by atoms with Crippen LogP contribution in [0.2, 0.25) is 0 Å². The molecule has 0 bridgehead atoms. The highest BCUT2D eigenvalue weighted by Gasteiger charge is 2.30. The zero-order chi connectivity index (χ0) is 19.6. The van der Waals surface area contributed by atoms with Gasteiger partial charge in [0.2, 0.25) is 0 Å². The molecule has 0 spiro atoms.